The summed E-state index contributed by atoms with van der Waals surface area (Å²) < 4.78 is 0. The zero-order valence-corrected chi connectivity index (χ0v) is 10.3. The van der Waals surface area contributed by atoms with E-state index in [0.29, 0.717) is 13.0 Å². The Labute approximate surface area is 105 Å². The number of hydrogen-bond donors (Lipinski definition) is 2. The average Bonchev–Trinajstić information content (AvgIpc) is 2.73. The van der Waals surface area contributed by atoms with Crippen molar-refractivity contribution in [1.29, 1.82) is 0 Å². The van der Waals surface area contributed by atoms with Gasteiger partial charge in [0.15, 0.2) is 0 Å². The fourth-order valence-electron chi connectivity index (χ4n) is 2.41. The molecule has 2 N–H and O–H groups in total. The molecule has 1 atom stereocenters. The van der Waals surface area contributed by atoms with Crippen molar-refractivity contribution in [2.45, 2.75) is 18.9 Å². The number of amides is 3. The number of nitrogens with one attached hydrogen (secondary N) is 1. The fraction of sp³-hybridized carbons (Fsp3) is 0.727. The van der Waals surface area contributed by atoms with E-state index in [-0.39, 0.29) is 25.0 Å². The Balaban J connectivity index is 1.93. The van der Waals surface area contributed by atoms with Gasteiger partial charge in [-0.15, -0.1) is 0 Å². The smallest absolute Gasteiger partial charge is 0.320 e. The van der Waals surface area contributed by atoms with Crippen LogP contribution in [0.2, 0.25) is 0 Å². The molecule has 0 spiro atoms. The van der Waals surface area contributed by atoms with E-state index in [9.17, 15) is 14.4 Å². The quantitative estimate of drug-likeness (QED) is 0.685. The van der Waals surface area contributed by atoms with Crippen molar-refractivity contribution in [3.63, 3.8) is 0 Å². The maximum Gasteiger partial charge on any atom is 0.320 e. The minimum atomic E-state index is -0.872. The number of carboxylic acids is 1. The Bertz CT molecular complexity index is 378. The van der Waals surface area contributed by atoms with Gasteiger partial charge < -0.3 is 20.2 Å². The normalized spacial score (nSPS) is 23.7. The van der Waals surface area contributed by atoms with E-state index >= 15 is 0 Å². The standard InChI is InChI=1S/C11H17N3O4/c1-12-9(15)8-3-2-4-14(8)11(18)13-5-7(6-13)10(16)17/h7-8H,2-6H2,1H3,(H,12,15)(H,16,17). The lowest BCUT2D eigenvalue weighted by Gasteiger charge is -2.40. The molecule has 7 nitrogen and oxygen atoms in total. The van der Waals surface area contributed by atoms with Crippen LogP contribution in [-0.2, 0) is 9.59 Å². The second-order valence-corrected chi connectivity index (χ2v) is 4.69. The van der Waals surface area contributed by atoms with Gasteiger partial charge in [-0.05, 0) is 12.8 Å². The van der Waals surface area contributed by atoms with Crippen molar-refractivity contribution in [2.24, 2.45) is 5.92 Å². The Morgan fingerprint density at radius 1 is 1.28 bits per heavy atom. The van der Waals surface area contributed by atoms with Gasteiger partial charge in [-0.25, -0.2) is 4.79 Å². The molecule has 100 valence electrons. The number of aliphatic carboxylic acids is 1. The summed E-state index contributed by atoms with van der Waals surface area (Å²) >= 11 is 0. The fourth-order valence-corrected chi connectivity index (χ4v) is 2.41. The molecule has 0 aromatic heterocycles. The van der Waals surface area contributed by atoms with Crippen LogP contribution in [-0.4, -0.2) is 65.5 Å². The summed E-state index contributed by atoms with van der Waals surface area (Å²) in [5, 5.41) is 11.3. The zero-order chi connectivity index (χ0) is 13.3. The summed E-state index contributed by atoms with van der Waals surface area (Å²) in [5.41, 5.74) is 0. The molecule has 2 rings (SSSR count). The molecule has 0 aromatic carbocycles. The van der Waals surface area contributed by atoms with Gasteiger partial charge in [0.2, 0.25) is 5.91 Å². The van der Waals surface area contributed by atoms with E-state index in [1.165, 1.54) is 9.80 Å². The van der Waals surface area contributed by atoms with Crippen molar-refractivity contribution in [3.05, 3.63) is 0 Å². The van der Waals surface area contributed by atoms with E-state index < -0.39 is 17.9 Å². The topological polar surface area (TPSA) is 90.0 Å². The first-order chi connectivity index (χ1) is 8.54. The van der Waals surface area contributed by atoms with E-state index in [0.717, 1.165) is 6.42 Å². The maximum atomic E-state index is 12.1. The zero-order valence-electron chi connectivity index (χ0n) is 10.3. The molecule has 3 amide bonds. The van der Waals surface area contributed by atoms with Crippen LogP contribution in [0.4, 0.5) is 4.79 Å². The molecule has 0 saturated carbocycles. The number of nitrogens with zero attached hydrogens (tertiary/aromatic N) is 2. The molecule has 0 aromatic rings. The van der Waals surface area contributed by atoms with Gasteiger partial charge in [-0.1, -0.05) is 0 Å². The number of urea groups is 1. The first-order valence-electron chi connectivity index (χ1n) is 6.04. The Morgan fingerprint density at radius 2 is 1.94 bits per heavy atom. The third-order valence-electron chi connectivity index (χ3n) is 3.55. The van der Waals surface area contributed by atoms with Crippen LogP contribution in [0, 0.1) is 5.92 Å². The predicted molar refractivity (Wildman–Crippen MR) is 61.9 cm³/mol. The van der Waals surface area contributed by atoms with Crippen LogP contribution in [0.1, 0.15) is 12.8 Å². The van der Waals surface area contributed by atoms with Crippen LogP contribution in [0.5, 0.6) is 0 Å². The number of likely N-dealkylation sites (N-methyl/N-ethyl adjacent to an activating group) is 1. The summed E-state index contributed by atoms with van der Waals surface area (Å²) in [7, 11) is 1.55. The summed E-state index contributed by atoms with van der Waals surface area (Å²) in [6, 6.07) is -0.634. The lowest BCUT2D eigenvalue weighted by atomic mass is 10.0. The molecule has 2 saturated heterocycles. The van der Waals surface area contributed by atoms with Crippen molar-refractivity contribution in [1.82, 2.24) is 15.1 Å². The van der Waals surface area contributed by atoms with Crippen molar-refractivity contribution in [2.75, 3.05) is 26.7 Å². The molecule has 7 heteroatoms. The second kappa shape index (κ2) is 4.83. The third kappa shape index (κ3) is 2.12. The van der Waals surface area contributed by atoms with Crippen LogP contribution < -0.4 is 5.32 Å². The lowest BCUT2D eigenvalue weighted by molar-refractivity contribution is -0.146. The highest BCUT2D eigenvalue weighted by Gasteiger charge is 2.41. The maximum absolute atomic E-state index is 12.1. The van der Waals surface area contributed by atoms with Gasteiger partial charge in [-0.3, -0.25) is 9.59 Å². The monoisotopic (exact) mass is 255 g/mol. The molecular formula is C11H17N3O4. The molecule has 2 fully saturated rings. The van der Waals surface area contributed by atoms with Gasteiger partial charge in [0.1, 0.15) is 6.04 Å². The minimum absolute atomic E-state index is 0.156. The molecule has 0 bridgehead atoms. The van der Waals surface area contributed by atoms with Crippen LogP contribution >= 0.6 is 0 Å². The predicted octanol–water partition coefficient (Wildman–Crippen LogP) is -0.667. The van der Waals surface area contributed by atoms with E-state index in [4.69, 9.17) is 5.11 Å². The lowest BCUT2D eigenvalue weighted by Crippen LogP contribution is -2.59. The van der Waals surface area contributed by atoms with Gasteiger partial charge in [0.05, 0.1) is 5.92 Å². The Morgan fingerprint density at radius 3 is 2.50 bits per heavy atom. The first-order valence-corrected chi connectivity index (χ1v) is 6.04. The van der Waals surface area contributed by atoms with Crippen LogP contribution in [0.25, 0.3) is 0 Å². The minimum Gasteiger partial charge on any atom is -0.481 e. The van der Waals surface area contributed by atoms with E-state index in [1.54, 1.807) is 7.05 Å². The number of carbonyl (C=O) groups is 3. The van der Waals surface area contributed by atoms with Gasteiger partial charge in [0.25, 0.3) is 0 Å². The van der Waals surface area contributed by atoms with Gasteiger partial charge in [-0.2, -0.15) is 0 Å². The highest BCUT2D eigenvalue weighted by molar-refractivity contribution is 5.88. The highest BCUT2D eigenvalue weighted by Crippen LogP contribution is 2.23. The summed E-state index contributed by atoms with van der Waals surface area (Å²) in [4.78, 5) is 37.4. The summed E-state index contributed by atoms with van der Waals surface area (Å²) in [5.74, 6) is -1.49. The Hall–Kier alpha value is -1.79. The van der Waals surface area contributed by atoms with E-state index in [1.807, 2.05) is 0 Å². The van der Waals surface area contributed by atoms with Crippen LogP contribution in [0.15, 0.2) is 0 Å². The molecule has 2 aliphatic heterocycles. The summed E-state index contributed by atoms with van der Waals surface area (Å²) in [6.07, 6.45) is 1.47. The van der Waals surface area contributed by atoms with Crippen molar-refractivity contribution >= 4 is 17.9 Å². The highest BCUT2D eigenvalue weighted by atomic mass is 16.4. The molecule has 2 aliphatic rings. The largest absolute Gasteiger partial charge is 0.481 e. The molecule has 0 radical (unpaired) electrons. The number of likely N-dealkylation sites (tertiary alicyclic amines) is 2. The van der Waals surface area contributed by atoms with Crippen molar-refractivity contribution in [3.8, 4) is 0 Å². The molecule has 2 heterocycles. The third-order valence-corrected chi connectivity index (χ3v) is 3.55. The Kier molecular flexibility index (Phi) is 3.40. The molecule has 0 aliphatic carbocycles. The number of carboxylic acid groups (broad SMARTS) is 1. The SMILES string of the molecule is CNC(=O)C1CCCN1C(=O)N1CC(C(=O)O)C1. The first kappa shape index (κ1) is 12.7. The van der Waals surface area contributed by atoms with Gasteiger partial charge in [0, 0.05) is 26.7 Å². The molecular weight excluding hydrogens is 238 g/mol. The second-order valence-electron chi connectivity index (χ2n) is 4.69. The number of rotatable bonds is 2. The van der Waals surface area contributed by atoms with Gasteiger partial charge >= 0.3 is 12.0 Å². The summed E-state index contributed by atoms with van der Waals surface area (Å²) in [6.45, 7) is 1.04. The van der Waals surface area contributed by atoms with E-state index in [2.05, 4.69) is 5.32 Å². The molecule has 18 heavy (non-hydrogen) atoms. The number of hydrogen-bond acceptors (Lipinski definition) is 3. The van der Waals surface area contributed by atoms with Crippen molar-refractivity contribution < 1.29 is 19.5 Å². The van der Waals surface area contributed by atoms with Crippen LogP contribution in [0.3, 0.4) is 0 Å². The number of carbonyl (C=O) groups excluding carboxylic acids is 2. The molecule has 1 unspecified atom stereocenters. The average molecular weight is 255 g/mol.